The van der Waals surface area contributed by atoms with E-state index < -0.39 is 285 Å². The Bertz CT molecular complexity index is 2720. The predicted octanol–water partition coefficient (Wildman–Crippen LogP) is -15.4. The van der Waals surface area contributed by atoms with Crippen LogP contribution < -0.4 is 9.13 Å². The fourth-order valence-electron chi connectivity index (χ4n) is 13.4. The molecule has 40 nitrogen and oxygen atoms in total. The highest BCUT2D eigenvalue weighted by atomic mass is 16.8. The zero-order valence-corrected chi connectivity index (χ0v) is 51.8. The second-order valence-electron chi connectivity index (χ2n) is 25.2. The van der Waals surface area contributed by atoms with Gasteiger partial charge in [0, 0.05) is 24.3 Å². The van der Waals surface area contributed by atoms with Gasteiger partial charge < -0.3 is 188 Å². The molecule has 0 amide bonds. The van der Waals surface area contributed by atoms with Gasteiger partial charge in [0.2, 0.25) is 0 Å². The maximum absolute atomic E-state index is 11.9. The van der Waals surface area contributed by atoms with Gasteiger partial charge in [0.25, 0.3) is 0 Å². The van der Waals surface area contributed by atoms with Gasteiger partial charge in [-0.1, -0.05) is 12.1 Å². The standard InChI is InChI=1S/C58H88N2O38/c61-13-21-45-29(69)37(77)53(85-21)91-43-19(11-59-7-3-1-4-8-59)84-52(36(76)28(43)68)94-46-22(14-62)87-55(39(79)31(46)71)96-48-24(16-64)89-57(41(81)33(48)73)98-50-26(18-66)90-58(42(82)34(50)74)97-49-25(17-65)88-56(40(80)32(49)72)95-47-23(15-63)86-54(38(78)30(47)70)92-44-20(12-60-9-5-2-6-10-60)83-51(93-45)35(75)27(44)67/h1-10,19-58,61-82H,11-18H2/q+2/t19-,20+,21-,22-,23+,24-,25+,26-,27-,28+,29-,30-,31+,32-,33-,34-,35-,36-,37-,38-,39+,40-,41-,42-,43-,44-,45-,46-,47-,48-,49-,50-,51-,52-,53-,54-,55-,56-,57-,58-/m1/s1. The molecule has 30 aliphatic rings. The van der Waals surface area contributed by atoms with Crippen molar-refractivity contribution in [1.29, 1.82) is 0 Å². The van der Waals surface area contributed by atoms with Gasteiger partial charge in [-0.3, -0.25) is 0 Å². The molecule has 2 aromatic heterocycles. The molecule has 32 rings (SSSR count). The van der Waals surface area contributed by atoms with E-state index in [-0.39, 0.29) is 13.1 Å². The number of ether oxygens (including phenoxy) is 16. The summed E-state index contributed by atoms with van der Waals surface area (Å²) in [4.78, 5) is 0. The van der Waals surface area contributed by atoms with E-state index in [4.69, 9.17) is 75.8 Å². The number of aromatic nitrogens is 2. The molecule has 30 saturated heterocycles. The molecular formula is C58H88N2O38+2. The number of pyridine rings is 2. The largest absolute Gasteiger partial charge is 0.394 e. The van der Waals surface area contributed by atoms with Crippen LogP contribution in [0.3, 0.4) is 0 Å². The first kappa shape index (κ1) is 75.9. The summed E-state index contributed by atoms with van der Waals surface area (Å²) in [6.07, 6.45) is -73.5. The van der Waals surface area contributed by atoms with Gasteiger partial charge in [0.15, 0.2) is 88.2 Å². The highest BCUT2D eigenvalue weighted by Gasteiger charge is 2.61. The van der Waals surface area contributed by atoms with Crippen LogP contribution in [0, 0.1) is 0 Å². The number of rotatable bonds is 10. The smallest absolute Gasteiger partial charge is 0.187 e. The Morgan fingerprint density at radius 3 is 0.480 bits per heavy atom. The van der Waals surface area contributed by atoms with Crippen molar-refractivity contribution in [2.45, 2.75) is 259 Å². The number of nitrogens with zero attached hydrogens (tertiary/aromatic N) is 2. The average molecular weight is 1420 g/mol. The van der Waals surface area contributed by atoms with Crippen molar-refractivity contribution in [3.8, 4) is 0 Å². The first-order chi connectivity index (χ1) is 46.9. The molecule has 22 N–H and O–H groups in total. The second-order valence-corrected chi connectivity index (χ2v) is 25.2. The normalized spacial score (nSPS) is 50.8. The Hall–Kier alpha value is -3.22. The fraction of sp³-hybridized carbons (Fsp3) is 0.828. The van der Waals surface area contributed by atoms with Crippen molar-refractivity contribution < 1.29 is 197 Å². The molecule has 2 aromatic rings. The molecule has 0 saturated carbocycles. The highest BCUT2D eigenvalue weighted by molar-refractivity contribution is 5.03. The summed E-state index contributed by atoms with van der Waals surface area (Å²) in [5.74, 6) is 0. The maximum Gasteiger partial charge on any atom is 0.187 e. The topological polar surface area (TPSA) is 601 Å². The lowest BCUT2D eigenvalue weighted by Gasteiger charge is -2.50. The van der Waals surface area contributed by atoms with Gasteiger partial charge in [-0.15, -0.1) is 0 Å². The van der Waals surface area contributed by atoms with Crippen molar-refractivity contribution in [3.63, 3.8) is 0 Å². The lowest BCUT2D eigenvalue weighted by molar-refractivity contribution is -0.707. The van der Waals surface area contributed by atoms with Crippen LogP contribution in [0.2, 0.25) is 0 Å². The first-order valence-corrected chi connectivity index (χ1v) is 31.8. The molecule has 40 heteroatoms. The molecule has 0 radical (unpaired) electrons. The molecule has 0 aliphatic carbocycles. The third kappa shape index (κ3) is 15.5. The zero-order chi connectivity index (χ0) is 70.3. The quantitative estimate of drug-likeness (QED) is 0.0982. The minimum absolute atomic E-state index is 0.263. The molecule has 32 heterocycles. The van der Waals surface area contributed by atoms with E-state index in [2.05, 4.69) is 0 Å². The van der Waals surface area contributed by atoms with Crippen LogP contribution in [-0.2, 0) is 88.9 Å². The van der Waals surface area contributed by atoms with Crippen LogP contribution >= 0.6 is 0 Å². The number of aliphatic hydroxyl groups excluding tert-OH is 22. The van der Waals surface area contributed by atoms with Crippen LogP contribution in [0.1, 0.15) is 0 Å². The zero-order valence-electron chi connectivity index (χ0n) is 51.8. The minimum Gasteiger partial charge on any atom is -0.394 e. The Morgan fingerprint density at radius 2 is 0.327 bits per heavy atom. The third-order valence-electron chi connectivity index (χ3n) is 18.9. The molecule has 30 aliphatic heterocycles. The fourth-order valence-corrected chi connectivity index (χ4v) is 13.4. The Labute approximate surface area is 555 Å². The van der Waals surface area contributed by atoms with Gasteiger partial charge in [0.1, 0.15) is 195 Å². The van der Waals surface area contributed by atoms with Crippen LogP contribution in [0.25, 0.3) is 0 Å². The van der Waals surface area contributed by atoms with Crippen molar-refractivity contribution >= 4 is 0 Å². The lowest BCUT2D eigenvalue weighted by Crippen LogP contribution is -2.69. The van der Waals surface area contributed by atoms with E-state index in [0.717, 1.165) is 0 Å². The minimum atomic E-state index is -2.24. The number of hydrogen-bond donors (Lipinski definition) is 22. The maximum atomic E-state index is 11.9. The van der Waals surface area contributed by atoms with Crippen LogP contribution in [0.5, 0.6) is 0 Å². The molecule has 98 heavy (non-hydrogen) atoms. The molecular weight excluding hydrogens is 1330 g/mol. The molecule has 0 spiro atoms. The monoisotopic (exact) mass is 1420 g/mol. The average Bonchev–Trinajstić information content (AvgIpc) is 0.777. The Morgan fingerprint density at radius 1 is 0.184 bits per heavy atom. The summed E-state index contributed by atoms with van der Waals surface area (Å²) in [5, 5.41) is 250. The van der Waals surface area contributed by atoms with Crippen LogP contribution in [0.15, 0.2) is 61.2 Å². The van der Waals surface area contributed by atoms with Crippen molar-refractivity contribution in [2.75, 3.05) is 39.6 Å². The summed E-state index contributed by atoms with van der Waals surface area (Å²) >= 11 is 0. The van der Waals surface area contributed by atoms with Gasteiger partial charge in [-0.05, 0) is 0 Å². The van der Waals surface area contributed by atoms with Gasteiger partial charge in [-0.2, -0.15) is 0 Å². The van der Waals surface area contributed by atoms with E-state index in [0.29, 0.717) is 0 Å². The Kier molecular flexibility index (Phi) is 25.4. The van der Waals surface area contributed by atoms with E-state index in [1.807, 2.05) is 0 Å². The summed E-state index contributed by atoms with van der Waals surface area (Å²) < 4.78 is 97.8. The molecule has 40 atom stereocenters. The van der Waals surface area contributed by atoms with Gasteiger partial charge >= 0.3 is 0 Å². The van der Waals surface area contributed by atoms with Gasteiger partial charge in [-0.25, -0.2) is 9.13 Å². The summed E-state index contributed by atoms with van der Waals surface area (Å²) in [5.41, 5.74) is 0. The highest BCUT2D eigenvalue weighted by Crippen LogP contribution is 2.40. The molecule has 0 unspecified atom stereocenters. The first-order valence-electron chi connectivity index (χ1n) is 31.8. The summed E-state index contributed by atoms with van der Waals surface area (Å²) in [6.45, 7) is -6.85. The third-order valence-corrected chi connectivity index (χ3v) is 18.9. The predicted molar refractivity (Wildman–Crippen MR) is 300 cm³/mol. The van der Waals surface area contributed by atoms with E-state index in [9.17, 15) is 112 Å². The second kappa shape index (κ2) is 32.8. The SMILES string of the molecule is OC[C@@H]1O[C@@H]2O[C@H]3[C@H](O)[C@@H](O)[C@@H](O[C@H]4[C@H](O)[C@@H](O)[C@@H](O[C@H]5[C@@H](O)[C@@H](O)[C@@H](O[C@H]6[C@@H](O)[C@H](O)[C@@H](O[C@H]7[C@H](O)[C@@H](O)[C@@H](O[C@H]8[C@H](O)[C@@H](O)[C@@H](O[C@H]9[C@H](O)[C@@H](O)[C@@H](O[C@H]1[C@H](O)[C@H]2O)O[C@H]9CO)O[C@@H]8CO)O[C@@H]7CO)O[C@@H]6CO)O[C@@H]5C[n+]1ccccc1)O[C@@H]4CO)O[C@H]3C[n+]1ccccc1. The number of hydrogen-bond acceptors (Lipinski definition) is 38. The summed E-state index contributed by atoms with van der Waals surface area (Å²) in [6, 6.07) is 9.80. The summed E-state index contributed by atoms with van der Waals surface area (Å²) in [7, 11) is 0. The van der Waals surface area contributed by atoms with Crippen LogP contribution in [0.4, 0.5) is 0 Å². The van der Waals surface area contributed by atoms with Crippen molar-refractivity contribution in [1.82, 2.24) is 0 Å². The molecule has 16 bridgehead atoms. The van der Waals surface area contributed by atoms with E-state index >= 15 is 0 Å². The van der Waals surface area contributed by atoms with Crippen molar-refractivity contribution in [2.24, 2.45) is 0 Å². The van der Waals surface area contributed by atoms with Crippen LogP contribution in [-0.4, -0.2) is 398 Å². The van der Waals surface area contributed by atoms with E-state index in [1.165, 1.54) is 9.13 Å². The number of aliphatic hydroxyl groups is 22. The van der Waals surface area contributed by atoms with Crippen molar-refractivity contribution in [3.05, 3.63) is 61.2 Å². The Balaban J connectivity index is 0.886. The molecule has 0 aromatic carbocycles. The molecule has 556 valence electrons. The molecule has 30 fully saturated rings. The van der Waals surface area contributed by atoms with Gasteiger partial charge in [0.05, 0.1) is 39.6 Å². The lowest BCUT2D eigenvalue weighted by atomic mass is 9.94. The van der Waals surface area contributed by atoms with E-state index in [1.54, 1.807) is 61.2 Å².